The second-order valence-corrected chi connectivity index (χ2v) is 4.11. The molecule has 1 nitrogen and oxygen atoms in total. The maximum atomic E-state index is 9.86. The van der Waals surface area contributed by atoms with Crippen LogP contribution in [0.5, 0.6) is 0 Å². The Bertz CT molecular complexity index is 289. The Morgan fingerprint density at radius 3 is 2.85 bits per heavy atom. The molecular formula is C12H16O. The number of hydrogen-bond donors (Lipinski definition) is 1. The summed E-state index contributed by atoms with van der Waals surface area (Å²) in [5.74, 6) is 0.788. The molecule has 1 aromatic carbocycles. The van der Waals surface area contributed by atoms with Gasteiger partial charge in [-0.2, -0.15) is 0 Å². The summed E-state index contributed by atoms with van der Waals surface area (Å²) in [7, 11) is 0. The SMILES string of the molecule is Cc1cccc(C(O)CC2CC2)c1. The van der Waals surface area contributed by atoms with Crippen LogP contribution in [0.15, 0.2) is 24.3 Å². The molecule has 0 saturated heterocycles. The zero-order valence-corrected chi connectivity index (χ0v) is 8.03. The Balaban J connectivity index is 2.04. The van der Waals surface area contributed by atoms with Gasteiger partial charge in [0.2, 0.25) is 0 Å². The van der Waals surface area contributed by atoms with E-state index in [2.05, 4.69) is 19.1 Å². The predicted octanol–water partition coefficient (Wildman–Crippen LogP) is 2.83. The largest absolute Gasteiger partial charge is 0.388 e. The lowest BCUT2D eigenvalue weighted by atomic mass is 10.0. The number of rotatable bonds is 3. The van der Waals surface area contributed by atoms with Gasteiger partial charge in [0.15, 0.2) is 0 Å². The monoisotopic (exact) mass is 176 g/mol. The first-order chi connectivity index (χ1) is 6.25. The van der Waals surface area contributed by atoms with Crippen LogP contribution in [0.4, 0.5) is 0 Å². The quantitative estimate of drug-likeness (QED) is 0.750. The van der Waals surface area contributed by atoms with Gasteiger partial charge in [-0.15, -0.1) is 0 Å². The first-order valence-corrected chi connectivity index (χ1v) is 5.00. The molecule has 2 rings (SSSR count). The standard InChI is InChI=1S/C12H16O/c1-9-3-2-4-11(7-9)12(13)8-10-5-6-10/h2-4,7,10,12-13H,5-6,8H2,1H3. The summed E-state index contributed by atoms with van der Waals surface area (Å²) in [6, 6.07) is 8.17. The molecule has 0 aliphatic heterocycles. The molecule has 1 aliphatic rings. The van der Waals surface area contributed by atoms with Crippen molar-refractivity contribution in [3.8, 4) is 0 Å². The minimum absolute atomic E-state index is 0.243. The Hall–Kier alpha value is -0.820. The summed E-state index contributed by atoms with van der Waals surface area (Å²) in [6.07, 6.45) is 3.32. The van der Waals surface area contributed by atoms with E-state index in [1.807, 2.05) is 12.1 Å². The van der Waals surface area contributed by atoms with Gasteiger partial charge in [0, 0.05) is 0 Å². The predicted molar refractivity (Wildman–Crippen MR) is 53.5 cm³/mol. The summed E-state index contributed by atoms with van der Waals surface area (Å²) in [5, 5.41) is 9.86. The van der Waals surface area contributed by atoms with E-state index in [9.17, 15) is 5.11 Å². The molecule has 0 amide bonds. The second kappa shape index (κ2) is 3.51. The van der Waals surface area contributed by atoms with Crippen LogP contribution in [0.25, 0.3) is 0 Å². The van der Waals surface area contributed by atoms with Crippen molar-refractivity contribution in [1.29, 1.82) is 0 Å². The van der Waals surface area contributed by atoms with Gasteiger partial charge in [0.1, 0.15) is 0 Å². The van der Waals surface area contributed by atoms with Crippen molar-refractivity contribution in [2.45, 2.75) is 32.3 Å². The van der Waals surface area contributed by atoms with E-state index in [-0.39, 0.29) is 6.10 Å². The zero-order valence-electron chi connectivity index (χ0n) is 8.03. The van der Waals surface area contributed by atoms with Gasteiger partial charge in [-0.25, -0.2) is 0 Å². The normalized spacial score (nSPS) is 18.6. The molecule has 0 bridgehead atoms. The molecule has 1 N–H and O–H groups in total. The van der Waals surface area contributed by atoms with Gasteiger partial charge < -0.3 is 5.11 Å². The molecule has 0 radical (unpaired) electrons. The van der Waals surface area contributed by atoms with Crippen LogP contribution in [0.2, 0.25) is 0 Å². The molecular weight excluding hydrogens is 160 g/mol. The average molecular weight is 176 g/mol. The average Bonchev–Trinajstić information content (AvgIpc) is 2.88. The van der Waals surface area contributed by atoms with E-state index in [1.54, 1.807) is 0 Å². The summed E-state index contributed by atoms with van der Waals surface area (Å²) in [4.78, 5) is 0. The molecule has 1 fully saturated rings. The van der Waals surface area contributed by atoms with E-state index >= 15 is 0 Å². The van der Waals surface area contributed by atoms with Crippen LogP contribution in [-0.2, 0) is 0 Å². The highest BCUT2D eigenvalue weighted by Crippen LogP contribution is 2.37. The smallest absolute Gasteiger partial charge is 0.0792 e. The molecule has 1 aromatic rings. The van der Waals surface area contributed by atoms with Gasteiger partial charge in [0.25, 0.3) is 0 Å². The van der Waals surface area contributed by atoms with Crippen molar-refractivity contribution in [3.63, 3.8) is 0 Å². The van der Waals surface area contributed by atoms with Crippen LogP contribution in [0.1, 0.15) is 36.5 Å². The summed E-state index contributed by atoms with van der Waals surface area (Å²) >= 11 is 0. The van der Waals surface area contributed by atoms with Crippen LogP contribution in [0, 0.1) is 12.8 Å². The fourth-order valence-corrected chi connectivity index (χ4v) is 1.68. The Labute approximate surface area is 79.4 Å². The third-order valence-electron chi connectivity index (χ3n) is 2.68. The zero-order chi connectivity index (χ0) is 9.26. The summed E-state index contributed by atoms with van der Waals surface area (Å²) in [6.45, 7) is 2.06. The van der Waals surface area contributed by atoms with Gasteiger partial charge in [-0.05, 0) is 24.8 Å². The second-order valence-electron chi connectivity index (χ2n) is 4.11. The Morgan fingerprint density at radius 1 is 1.46 bits per heavy atom. The molecule has 1 atom stereocenters. The molecule has 0 spiro atoms. The number of aryl methyl sites for hydroxylation is 1. The van der Waals surface area contributed by atoms with E-state index in [4.69, 9.17) is 0 Å². The van der Waals surface area contributed by atoms with Crippen molar-refractivity contribution >= 4 is 0 Å². The third kappa shape index (κ3) is 2.31. The fourth-order valence-electron chi connectivity index (χ4n) is 1.68. The molecule has 1 saturated carbocycles. The maximum Gasteiger partial charge on any atom is 0.0792 e. The van der Waals surface area contributed by atoms with Crippen LogP contribution >= 0.6 is 0 Å². The third-order valence-corrected chi connectivity index (χ3v) is 2.68. The number of aliphatic hydroxyl groups excluding tert-OH is 1. The molecule has 0 heterocycles. The summed E-state index contributed by atoms with van der Waals surface area (Å²) < 4.78 is 0. The van der Waals surface area contributed by atoms with Crippen LogP contribution in [0.3, 0.4) is 0 Å². The Kier molecular flexibility index (Phi) is 2.36. The molecule has 1 heteroatoms. The van der Waals surface area contributed by atoms with Gasteiger partial charge in [-0.3, -0.25) is 0 Å². The summed E-state index contributed by atoms with van der Waals surface area (Å²) in [5.41, 5.74) is 2.30. The van der Waals surface area contributed by atoms with Gasteiger partial charge in [0.05, 0.1) is 6.10 Å². The van der Waals surface area contributed by atoms with E-state index in [0.717, 1.165) is 17.9 Å². The first kappa shape index (κ1) is 8.76. The molecule has 0 aromatic heterocycles. The van der Waals surface area contributed by atoms with Crippen molar-refractivity contribution in [2.75, 3.05) is 0 Å². The number of aliphatic hydroxyl groups is 1. The first-order valence-electron chi connectivity index (χ1n) is 5.00. The topological polar surface area (TPSA) is 20.2 Å². The van der Waals surface area contributed by atoms with Gasteiger partial charge in [-0.1, -0.05) is 42.7 Å². The lowest BCUT2D eigenvalue weighted by molar-refractivity contribution is 0.160. The highest BCUT2D eigenvalue weighted by atomic mass is 16.3. The molecule has 70 valence electrons. The van der Waals surface area contributed by atoms with Crippen LogP contribution in [-0.4, -0.2) is 5.11 Å². The lowest BCUT2D eigenvalue weighted by Gasteiger charge is -2.10. The van der Waals surface area contributed by atoms with E-state index in [1.165, 1.54) is 18.4 Å². The Morgan fingerprint density at radius 2 is 2.23 bits per heavy atom. The highest BCUT2D eigenvalue weighted by Gasteiger charge is 2.24. The highest BCUT2D eigenvalue weighted by molar-refractivity contribution is 5.24. The number of benzene rings is 1. The molecule has 13 heavy (non-hydrogen) atoms. The van der Waals surface area contributed by atoms with Crippen molar-refractivity contribution in [3.05, 3.63) is 35.4 Å². The van der Waals surface area contributed by atoms with Gasteiger partial charge >= 0.3 is 0 Å². The van der Waals surface area contributed by atoms with E-state index in [0.29, 0.717) is 0 Å². The fraction of sp³-hybridized carbons (Fsp3) is 0.500. The minimum Gasteiger partial charge on any atom is -0.388 e. The minimum atomic E-state index is -0.243. The lowest BCUT2D eigenvalue weighted by Crippen LogP contribution is -1.98. The molecule has 1 aliphatic carbocycles. The van der Waals surface area contributed by atoms with Crippen LogP contribution < -0.4 is 0 Å². The number of hydrogen-bond acceptors (Lipinski definition) is 1. The maximum absolute atomic E-state index is 9.86. The van der Waals surface area contributed by atoms with Crippen molar-refractivity contribution in [1.82, 2.24) is 0 Å². The van der Waals surface area contributed by atoms with E-state index < -0.39 is 0 Å². The van der Waals surface area contributed by atoms with Crippen molar-refractivity contribution < 1.29 is 5.11 Å². The van der Waals surface area contributed by atoms with Crippen molar-refractivity contribution in [2.24, 2.45) is 5.92 Å². The molecule has 1 unspecified atom stereocenters.